The Morgan fingerprint density at radius 1 is 1.30 bits per heavy atom. The fourth-order valence-electron chi connectivity index (χ4n) is 1.82. The fourth-order valence-corrected chi connectivity index (χ4v) is 1.82. The highest BCUT2D eigenvalue weighted by atomic mass is 16.5. The van der Waals surface area contributed by atoms with Crippen LogP contribution < -0.4 is 0 Å². The second-order valence-corrected chi connectivity index (χ2v) is 4.27. The molecule has 0 atom stereocenters. The number of nitrogens with zero attached hydrogens (tertiary/aromatic N) is 3. The van der Waals surface area contributed by atoms with Crippen LogP contribution in [0.1, 0.15) is 17.1 Å². The molecular formula is C14H10N4O2. The molecule has 2 N–H and O–H groups in total. The molecule has 20 heavy (non-hydrogen) atoms. The van der Waals surface area contributed by atoms with Gasteiger partial charge in [-0.05, 0) is 23.8 Å². The van der Waals surface area contributed by atoms with Gasteiger partial charge in [0.05, 0.1) is 5.56 Å². The van der Waals surface area contributed by atoms with E-state index in [0.717, 1.165) is 5.56 Å². The molecule has 3 rings (SSSR count). The zero-order valence-corrected chi connectivity index (χ0v) is 10.4. The molecule has 1 aromatic carbocycles. The van der Waals surface area contributed by atoms with Gasteiger partial charge in [-0.3, -0.25) is 0 Å². The van der Waals surface area contributed by atoms with Crippen molar-refractivity contribution in [3.63, 3.8) is 0 Å². The van der Waals surface area contributed by atoms with Crippen LogP contribution in [-0.2, 0) is 6.42 Å². The Hall–Kier alpha value is -3.07. The summed E-state index contributed by atoms with van der Waals surface area (Å²) in [6.07, 6.45) is 2.16. The van der Waals surface area contributed by atoms with Crippen molar-refractivity contribution < 1.29 is 9.63 Å². The molecule has 0 spiro atoms. The smallest absolute Gasteiger partial charge is 0.259 e. The van der Waals surface area contributed by atoms with E-state index in [2.05, 4.69) is 15.1 Å². The van der Waals surface area contributed by atoms with Gasteiger partial charge in [-0.15, -0.1) is 0 Å². The molecule has 0 saturated heterocycles. The number of hydrogen-bond acceptors (Lipinski definition) is 5. The molecule has 0 aliphatic carbocycles. The van der Waals surface area contributed by atoms with Crippen molar-refractivity contribution in [1.29, 1.82) is 5.26 Å². The predicted octanol–water partition coefficient (Wildman–Crippen LogP) is 2.23. The van der Waals surface area contributed by atoms with E-state index in [1.54, 1.807) is 36.5 Å². The van der Waals surface area contributed by atoms with Gasteiger partial charge in [-0.25, -0.2) is 0 Å². The second kappa shape index (κ2) is 4.90. The predicted molar refractivity (Wildman–Crippen MR) is 69.7 cm³/mol. The number of rotatable bonds is 3. The topological polar surface area (TPSA) is 98.7 Å². The van der Waals surface area contributed by atoms with Crippen molar-refractivity contribution in [1.82, 2.24) is 15.1 Å². The molecule has 0 unspecified atom stereocenters. The number of nitrogens with one attached hydrogen (secondary N) is 1. The van der Waals surface area contributed by atoms with Crippen molar-refractivity contribution >= 4 is 0 Å². The van der Waals surface area contributed by atoms with Crippen LogP contribution in [0.5, 0.6) is 5.75 Å². The van der Waals surface area contributed by atoms with Crippen molar-refractivity contribution in [2.24, 2.45) is 0 Å². The number of H-pyrrole nitrogens is 1. The van der Waals surface area contributed by atoms with Crippen LogP contribution in [0, 0.1) is 11.3 Å². The number of aromatic nitrogens is 3. The molecule has 0 saturated carbocycles. The Kier molecular flexibility index (Phi) is 2.94. The quantitative estimate of drug-likeness (QED) is 0.757. The highest BCUT2D eigenvalue weighted by molar-refractivity contribution is 5.54. The summed E-state index contributed by atoms with van der Waals surface area (Å²) < 4.78 is 5.16. The normalized spacial score (nSPS) is 10.3. The van der Waals surface area contributed by atoms with Gasteiger partial charge < -0.3 is 14.6 Å². The second-order valence-electron chi connectivity index (χ2n) is 4.27. The highest BCUT2D eigenvalue weighted by Crippen LogP contribution is 2.19. The van der Waals surface area contributed by atoms with Crippen LogP contribution in [0.25, 0.3) is 11.5 Å². The van der Waals surface area contributed by atoms with Gasteiger partial charge in [-0.2, -0.15) is 10.2 Å². The maximum absolute atomic E-state index is 9.22. The maximum Gasteiger partial charge on any atom is 0.259 e. The molecule has 6 heteroatoms. The van der Waals surface area contributed by atoms with Crippen LogP contribution in [0.2, 0.25) is 0 Å². The molecule has 0 aliphatic rings. The molecule has 98 valence electrons. The largest absolute Gasteiger partial charge is 0.508 e. The first-order valence-corrected chi connectivity index (χ1v) is 5.94. The lowest BCUT2D eigenvalue weighted by atomic mass is 10.1. The van der Waals surface area contributed by atoms with Crippen molar-refractivity contribution in [3.8, 4) is 23.3 Å². The van der Waals surface area contributed by atoms with Crippen LogP contribution >= 0.6 is 0 Å². The summed E-state index contributed by atoms with van der Waals surface area (Å²) in [5.74, 6) is 1.14. The van der Waals surface area contributed by atoms with E-state index < -0.39 is 0 Å². The molecule has 3 aromatic rings. The Balaban J connectivity index is 1.80. The van der Waals surface area contributed by atoms with E-state index in [0.29, 0.717) is 29.4 Å². The van der Waals surface area contributed by atoms with Crippen LogP contribution in [-0.4, -0.2) is 20.2 Å². The van der Waals surface area contributed by atoms with E-state index in [-0.39, 0.29) is 5.75 Å². The first-order valence-electron chi connectivity index (χ1n) is 5.94. The number of benzene rings is 1. The SMILES string of the molecule is N#Cc1cc(-c2nc(Cc3ccc(O)cc3)no2)c[nH]1. The molecule has 2 heterocycles. The minimum absolute atomic E-state index is 0.221. The number of aromatic amines is 1. The van der Waals surface area contributed by atoms with Crippen molar-refractivity contribution in [2.75, 3.05) is 0 Å². The minimum atomic E-state index is 0.221. The van der Waals surface area contributed by atoms with Gasteiger partial charge in [0.1, 0.15) is 17.5 Å². The van der Waals surface area contributed by atoms with Gasteiger partial charge in [0, 0.05) is 12.6 Å². The number of nitriles is 1. The zero-order chi connectivity index (χ0) is 13.9. The Morgan fingerprint density at radius 2 is 2.10 bits per heavy atom. The molecule has 0 bridgehead atoms. The molecule has 0 fully saturated rings. The first kappa shape index (κ1) is 12.0. The van der Waals surface area contributed by atoms with Gasteiger partial charge in [0.2, 0.25) is 0 Å². The summed E-state index contributed by atoms with van der Waals surface area (Å²) in [7, 11) is 0. The van der Waals surface area contributed by atoms with E-state index in [4.69, 9.17) is 9.78 Å². The maximum atomic E-state index is 9.22. The van der Waals surface area contributed by atoms with Crippen LogP contribution in [0.3, 0.4) is 0 Å². The Morgan fingerprint density at radius 3 is 2.80 bits per heavy atom. The van der Waals surface area contributed by atoms with E-state index in [1.807, 2.05) is 6.07 Å². The molecule has 6 nitrogen and oxygen atoms in total. The van der Waals surface area contributed by atoms with Crippen molar-refractivity contribution in [2.45, 2.75) is 6.42 Å². The van der Waals surface area contributed by atoms with Gasteiger partial charge in [0.15, 0.2) is 5.82 Å². The molecule has 0 amide bonds. The summed E-state index contributed by atoms with van der Waals surface area (Å²) in [5.41, 5.74) is 2.10. The zero-order valence-electron chi connectivity index (χ0n) is 10.4. The lowest BCUT2D eigenvalue weighted by Gasteiger charge is -1.96. The van der Waals surface area contributed by atoms with Crippen LogP contribution in [0.15, 0.2) is 41.1 Å². The highest BCUT2D eigenvalue weighted by Gasteiger charge is 2.11. The third-order valence-electron chi connectivity index (χ3n) is 2.82. The standard InChI is InChI=1S/C14H10N4O2/c15-7-11-6-10(8-16-11)14-17-13(18-20-14)5-9-1-3-12(19)4-2-9/h1-4,6,8,16,19H,5H2. The lowest BCUT2D eigenvalue weighted by molar-refractivity contribution is 0.424. The average Bonchev–Trinajstić information content (AvgIpc) is 3.10. The van der Waals surface area contributed by atoms with Gasteiger partial charge in [-0.1, -0.05) is 17.3 Å². The van der Waals surface area contributed by atoms with Gasteiger partial charge in [0.25, 0.3) is 5.89 Å². The third-order valence-corrected chi connectivity index (χ3v) is 2.82. The number of hydrogen-bond donors (Lipinski definition) is 2. The van der Waals surface area contributed by atoms with E-state index in [1.165, 1.54) is 0 Å². The minimum Gasteiger partial charge on any atom is -0.508 e. The molecular weight excluding hydrogens is 256 g/mol. The van der Waals surface area contributed by atoms with Crippen LogP contribution in [0.4, 0.5) is 0 Å². The monoisotopic (exact) mass is 266 g/mol. The molecule has 2 aromatic heterocycles. The summed E-state index contributed by atoms with van der Waals surface area (Å²) >= 11 is 0. The molecule has 0 radical (unpaired) electrons. The van der Waals surface area contributed by atoms with E-state index >= 15 is 0 Å². The summed E-state index contributed by atoms with van der Waals surface area (Å²) in [5, 5.41) is 21.9. The summed E-state index contributed by atoms with van der Waals surface area (Å²) in [6.45, 7) is 0. The lowest BCUT2D eigenvalue weighted by Crippen LogP contribution is -1.90. The number of aromatic hydroxyl groups is 1. The summed E-state index contributed by atoms with van der Waals surface area (Å²) in [4.78, 5) is 7.08. The third kappa shape index (κ3) is 2.37. The van der Waals surface area contributed by atoms with Gasteiger partial charge >= 0.3 is 0 Å². The number of phenolic OH excluding ortho intramolecular Hbond substituents is 1. The van der Waals surface area contributed by atoms with E-state index in [9.17, 15) is 5.11 Å². The molecule has 0 aliphatic heterocycles. The Bertz CT molecular complexity index is 765. The Labute approximate surface area is 114 Å². The van der Waals surface area contributed by atoms with Crippen molar-refractivity contribution in [3.05, 3.63) is 53.6 Å². The fraction of sp³-hybridized carbons (Fsp3) is 0.0714. The summed E-state index contributed by atoms with van der Waals surface area (Å²) in [6, 6.07) is 10.5. The number of phenols is 1. The first-order chi connectivity index (χ1) is 9.74. The average molecular weight is 266 g/mol.